The number of phenols is 1. The maximum Gasteiger partial charge on any atom is 0.263 e. The van der Waals surface area contributed by atoms with Crippen molar-refractivity contribution in [2.24, 2.45) is 0 Å². The van der Waals surface area contributed by atoms with Gasteiger partial charge in [-0.05, 0) is 12.1 Å². The standard InChI is InChI=1S/C12H5F2NO4/c13-9-7(16)3-1-5-11(9)19-12-6(15(5)18)2-4-8(17)10(12)14/h1-4,16H. The highest BCUT2D eigenvalue weighted by atomic mass is 19.1. The van der Waals surface area contributed by atoms with Crippen molar-refractivity contribution in [3.05, 3.63) is 51.3 Å². The van der Waals surface area contributed by atoms with Gasteiger partial charge >= 0.3 is 0 Å². The van der Waals surface area contributed by atoms with E-state index in [4.69, 9.17) is 4.42 Å². The lowest BCUT2D eigenvalue weighted by molar-refractivity contribution is -0.566. The highest BCUT2D eigenvalue weighted by Crippen LogP contribution is 2.29. The normalized spacial score (nSPS) is 11.3. The van der Waals surface area contributed by atoms with Crippen LogP contribution in [0.5, 0.6) is 5.75 Å². The summed E-state index contributed by atoms with van der Waals surface area (Å²) >= 11 is 0. The first-order chi connectivity index (χ1) is 9.00. The molecular weight excluding hydrogens is 260 g/mol. The first kappa shape index (κ1) is 11.4. The Balaban J connectivity index is 2.61. The van der Waals surface area contributed by atoms with Crippen LogP contribution in [0.15, 0.2) is 33.5 Å². The van der Waals surface area contributed by atoms with Crippen LogP contribution in [0.3, 0.4) is 0 Å². The molecule has 0 saturated carbocycles. The van der Waals surface area contributed by atoms with E-state index < -0.39 is 34.2 Å². The number of hydrogen-bond acceptors (Lipinski definition) is 4. The first-order valence-electron chi connectivity index (χ1n) is 5.17. The monoisotopic (exact) mass is 265 g/mol. The molecule has 0 amide bonds. The molecule has 0 saturated heterocycles. The summed E-state index contributed by atoms with van der Waals surface area (Å²) in [6.45, 7) is 0. The second-order valence-corrected chi connectivity index (χ2v) is 3.87. The lowest BCUT2D eigenvalue weighted by Crippen LogP contribution is -2.32. The smallest absolute Gasteiger partial charge is 0.263 e. The predicted octanol–water partition coefficient (Wildman–Crippen LogP) is 1.52. The minimum atomic E-state index is -1.29. The Morgan fingerprint density at radius 3 is 2.63 bits per heavy atom. The zero-order valence-corrected chi connectivity index (χ0v) is 9.18. The molecule has 0 aromatic heterocycles. The van der Waals surface area contributed by atoms with Gasteiger partial charge in [-0.3, -0.25) is 4.79 Å². The third-order valence-corrected chi connectivity index (χ3v) is 2.74. The fourth-order valence-corrected chi connectivity index (χ4v) is 1.81. The van der Waals surface area contributed by atoms with Gasteiger partial charge in [-0.15, -0.1) is 0 Å². The van der Waals surface area contributed by atoms with Crippen molar-refractivity contribution in [2.45, 2.75) is 0 Å². The van der Waals surface area contributed by atoms with Crippen molar-refractivity contribution in [2.75, 3.05) is 0 Å². The Kier molecular flexibility index (Phi) is 2.19. The highest BCUT2D eigenvalue weighted by Gasteiger charge is 2.27. The molecule has 19 heavy (non-hydrogen) atoms. The van der Waals surface area contributed by atoms with Gasteiger partial charge in [-0.25, -0.2) is 0 Å². The molecule has 1 aliphatic carbocycles. The van der Waals surface area contributed by atoms with Gasteiger partial charge < -0.3 is 14.7 Å². The van der Waals surface area contributed by atoms with E-state index in [0.717, 1.165) is 24.3 Å². The number of aromatic nitrogens is 1. The number of halogens is 2. The van der Waals surface area contributed by atoms with E-state index in [0.29, 0.717) is 0 Å². The minimum absolute atomic E-state index is 0.221. The van der Waals surface area contributed by atoms with Crippen molar-refractivity contribution in [1.29, 1.82) is 0 Å². The third-order valence-electron chi connectivity index (χ3n) is 2.74. The average Bonchev–Trinajstić information content (AvgIpc) is 2.39. The summed E-state index contributed by atoms with van der Waals surface area (Å²) in [6, 6.07) is 4.07. The Labute approximate surface area is 103 Å². The van der Waals surface area contributed by atoms with E-state index in [1.165, 1.54) is 0 Å². The molecule has 1 aromatic rings. The molecule has 1 N–H and O–H groups in total. The Morgan fingerprint density at radius 1 is 1.16 bits per heavy atom. The van der Waals surface area contributed by atoms with Gasteiger partial charge in [-0.1, -0.05) is 0 Å². The van der Waals surface area contributed by atoms with Gasteiger partial charge in [0.05, 0.1) is 0 Å². The van der Waals surface area contributed by atoms with Crippen LogP contribution in [-0.4, -0.2) is 5.11 Å². The number of fused-ring (bicyclic) bond motifs is 2. The lowest BCUT2D eigenvalue weighted by Gasteiger charge is -2.09. The number of nitrogens with zero attached hydrogens (tertiary/aromatic N) is 1. The largest absolute Gasteiger partial charge is 0.618 e. The summed E-state index contributed by atoms with van der Waals surface area (Å²) in [6.07, 6.45) is 0. The number of hydrogen-bond donors (Lipinski definition) is 1. The van der Waals surface area contributed by atoms with E-state index >= 15 is 0 Å². The second kappa shape index (κ2) is 3.64. The zero-order chi connectivity index (χ0) is 13.7. The molecule has 7 heteroatoms. The summed E-state index contributed by atoms with van der Waals surface area (Å²) in [4.78, 5) is 11.1. The van der Waals surface area contributed by atoms with Gasteiger partial charge in [0.1, 0.15) is 0 Å². The maximum atomic E-state index is 13.6. The van der Waals surface area contributed by atoms with Crippen molar-refractivity contribution in [3.8, 4) is 17.2 Å². The average molecular weight is 265 g/mol. The number of aromatic hydroxyl groups is 1. The van der Waals surface area contributed by atoms with E-state index in [1.807, 2.05) is 0 Å². The minimum Gasteiger partial charge on any atom is -0.618 e. The van der Waals surface area contributed by atoms with Crippen LogP contribution >= 0.6 is 0 Å². The third kappa shape index (κ3) is 1.44. The van der Waals surface area contributed by atoms with E-state index in [2.05, 4.69) is 0 Å². The zero-order valence-electron chi connectivity index (χ0n) is 9.18. The highest BCUT2D eigenvalue weighted by molar-refractivity contribution is 5.74. The molecule has 0 atom stereocenters. The van der Waals surface area contributed by atoms with Gasteiger partial charge in [-0.2, -0.15) is 13.5 Å². The molecule has 0 unspecified atom stereocenters. The van der Waals surface area contributed by atoms with Crippen LogP contribution < -0.4 is 10.2 Å². The summed E-state index contributed by atoms with van der Waals surface area (Å²) in [5.74, 6) is -3.87. The Bertz CT molecular complexity index is 843. The summed E-state index contributed by atoms with van der Waals surface area (Å²) in [5.41, 5.74) is -2.06. The van der Waals surface area contributed by atoms with Crippen LogP contribution in [0.25, 0.3) is 22.6 Å². The molecule has 0 fully saturated rings. The number of rotatable bonds is 0. The molecule has 2 aliphatic rings. The SMILES string of the molecule is O=c1ccc2[n+]([O-])c3ccc(O)c(F)c3oc-2c1F. The molecule has 96 valence electrons. The lowest BCUT2D eigenvalue weighted by atomic mass is 10.2. The van der Waals surface area contributed by atoms with Gasteiger partial charge in [0.15, 0.2) is 5.75 Å². The van der Waals surface area contributed by atoms with E-state index in [-0.39, 0.29) is 15.9 Å². The molecule has 1 heterocycles. The quantitative estimate of drug-likeness (QED) is 0.379. The number of phenolic OH excluding ortho intramolecular Hbond substituents is 1. The summed E-state index contributed by atoms with van der Waals surface area (Å²) in [7, 11) is 0. The molecular formula is C12H5F2NO4. The fraction of sp³-hybridized carbons (Fsp3) is 0. The van der Waals surface area contributed by atoms with Crippen molar-refractivity contribution in [3.63, 3.8) is 0 Å². The van der Waals surface area contributed by atoms with Crippen LogP contribution in [-0.2, 0) is 0 Å². The van der Waals surface area contributed by atoms with Gasteiger partial charge in [0, 0.05) is 12.1 Å². The molecule has 0 radical (unpaired) electrons. The first-order valence-corrected chi connectivity index (χ1v) is 5.17. The Hall–Kier alpha value is -2.70. The van der Waals surface area contributed by atoms with Crippen LogP contribution in [0.4, 0.5) is 8.78 Å². The van der Waals surface area contributed by atoms with E-state index in [1.54, 1.807) is 0 Å². The molecule has 1 aromatic carbocycles. The molecule has 1 aliphatic heterocycles. The fourth-order valence-electron chi connectivity index (χ4n) is 1.81. The van der Waals surface area contributed by atoms with E-state index in [9.17, 15) is 23.9 Å². The van der Waals surface area contributed by atoms with Crippen LogP contribution in [0.1, 0.15) is 0 Å². The number of benzene rings is 2. The van der Waals surface area contributed by atoms with Gasteiger partial charge in [0.25, 0.3) is 11.2 Å². The topological polar surface area (TPSA) is 77.4 Å². The molecule has 0 bridgehead atoms. The molecule has 0 spiro atoms. The van der Waals surface area contributed by atoms with Crippen LogP contribution in [0, 0.1) is 16.8 Å². The van der Waals surface area contributed by atoms with Crippen molar-refractivity contribution >= 4 is 11.1 Å². The van der Waals surface area contributed by atoms with Crippen LogP contribution in [0.2, 0.25) is 0 Å². The van der Waals surface area contributed by atoms with Gasteiger partial charge in [0.2, 0.25) is 28.4 Å². The summed E-state index contributed by atoms with van der Waals surface area (Å²) < 4.78 is 32.4. The predicted molar refractivity (Wildman–Crippen MR) is 59.6 cm³/mol. The molecule has 3 rings (SSSR count). The Morgan fingerprint density at radius 2 is 1.89 bits per heavy atom. The van der Waals surface area contributed by atoms with Crippen molar-refractivity contribution < 1.29 is 23.0 Å². The van der Waals surface area contributed by atoms with Crippen molar-refractivity contribution in [1.82, 2.24) is 0 Å². The maximum absolute atomic E-state index is 13.6. The second-order valence-electron chi connectivity index (χ2n) is 3.87. The molecule has 5 nitrogen and oxygen atoms in total. The summed E-state index contributed by atoms with van der Waals surface area (Å²) in [5, 5.41) is 21.2.